The van der Waals surface area contributed by atoms with Crippen LogP contribution in [0.4, 0.5) is 0 Å². The second-order valence-electron chi connectivity index (χ2n) is 6.19. The van der Waals surface area contributed by atoms with Crippen molar-refractivity contribution in [2.45, 2.75) is 32.7 Å². The van der Waals surface area contributed by atoms with Crippen molar-refractivity contribution in [1.82, 2.24) is 15.1 Å². The molecule has 1 amide bonds. The number of carboxylic acids is 1. The van der Waals surface area contributed by atoms with Crippen molar-refractivity contribution in [3.05, 3.63) is 40.3 Å². The number of nitrogens with one attached hydrogen (secondary N) is 1. The number of amides is 1. The van der Waals surface area contributed by atoms with Crippen LogP contribution in [0, 0.1) is 5.92 Å². The van der Waals surface area contributed by atoms with Crippen LogP contribution in [-0.4, -0.2) is 32.8 Å². The van der Waals surface area contributed by atoms with Gasteiger partial charge in [0.2, 0.25) is 5.91 Å². The van der Waals surface area contributed by atoms with Crippen LogP contribution < -0.4 is 10.9 Å². The Morgan fingerprint density at radius 1 is 1.25 bits per heavy atom. The van der Waals surface area contributed by atoms with Gasteiger partial charge in [-0.2, -0.15) is 5.10 Å². The summed E-state index contributed by atoms with van der Waals surface area (Å²) < 4.78 is 1.19. The third kappa shape index (κ3) is 3.98. The number of rotatable bonds is 6. The molecule has 0 fully saturated rings. The van der Waals surface area contributed by atoms with Crippen molar-refractivity contribution in [1.29, 1.82) is 0 Å². The molecule has 0 saturated carbocycles. The molecule has 2 rings (SSSR count). The first-order valence-electron chi connectivity index (χ1n) is 7.76. The average molecular weight is 331 g/mol. The van der Waals surface area contributed by atoms with E-state index in [0.29, 0.717) is 22.9 Å². The zero-order valence-electron chi connectivity index (χ0n) is 13.9. The minimum atomic E-state index is -1.06. The predicted octanol–water partition coefficient (Wildman–Crippen LogP) is 1.09. The second kappa shape index (κ2) is 7.25. The van der Waals surface area contributed by atoms with Crippen molar-refractivity contribution < 1.29 is 14.7 Å². The third-order valence-corrected chi connectivity index (χ3v) is 3.70. The van der Waals surface area contributed by atoms with Crippen LogP contribution in [0.1, 0.15) is 26.0 Å². The average Bonchev–Trinajstić information content (AvgIpc) is 2.51. The Labute approximate surface area is 139 Å². The monoisotopic (exact) mass is 331 g/mol. The van der Waals surface area contributed by atoms with Crippen molar-refractivity contribution in [3.8, 4) is 0 Å². The van der Waals surface area contributed by atoms with Crippen LogP contribution in [-0.2, 0) is 23.1 Å². The van der Waals surface area contributed by atoms with Gasteiger partial charge in [0.1, 0.15) is 6.04 Å². The lowest BCUT2D eigenvalue weighted by atomic mass is 10.0. The van der Waals surface area contributed by atoms with Crippen LogP contribution in [0.5, 0.6) is 0 Å². The summed E-state index contributed by atoms with van der Waals surface area (Å²) in [5, 5.41) is 17.0. The number of benzene rings is 1. The van der Waals surface area contributed by atoms with Gasteiger partial charge in [-0.3, -0.25) is 9.59 Å². The van der Waals surface area contributed by atoms with Crippen molar-refractivity contribution in [2.24, 2.45) is 13.0 Å². The molecule has 0 aliphatic heterocycles. The summed E-state index contributed by atoms with van der Waals surface area (Å²) in [5.74, 6) is -1.35. The number of aromatic nitrogens is 2. The first kappa shape index (κ1) is 17.7. The third-order valence-electron chi connectivity index (χ3n) is 3.70. The van der Waals surface area contributed by atoms with E-state index in [-0.39, 0.29) is 17.9 Å². The summed E-state index contributed by atoms with van der Waals surface area (Å²) >= 11 is 0. The zero-order valence-corrected chi connectivity index (χ0v) is 13.9. The number of hydrogen-bond acceptors (Lipinski definition) is 4. The Hall–Kier alpha value is -2.70. The number of carboxylic acid groups (broad SMARTS) is 1. The maximum absolute atomic E-state index is 12.2. The molecule has 0 aliphatic rings. The Bertz CT molecular complexity index is 826. The van der Waals surface area contributed by atoms with Gasteiger partial charge in [-0.05, 0) is 18.4 Å². The van der Waals surface area contributed by atoms with Gasteiger partial charge in [0.15, 0.2) is 0 Å². The molecule has 0 spiro atoms. The van der Waals surface area contributed by atoms with Crippen LogP contribution in [0.25, 0.3) is 10.8 Å². The van der Waals surface area contributed by atoms with Crippen LogP contribution in [0.2, 0.25) is 0 Å². The summed E-state index contributed by atoms with van der Waals surface area (Å²) in [7, 11) is 1.52. The summed E-state index contributed by atoms with van der Waals surface area (Å²) in [6.07, 6.45) is 0.263. The molecule has 0 unspecified atom stereocenters. The lowest BCUT2D eigenvalue weighted by Crippen LogP contribution is -2.42. The molecule has 7 nitrogen and oxygen atoms in total. The van der Waals surface area contributed by atoms with Gasteiger partial charge in [-0.15, -0.1) is 0 Å². The van der Waals surface area contributed by atoms with Gasteiger partial charge in [-0.25, -0.2) is 9.48 Å². The van der Waals surface area contributed by atoms with E-state index in [1.807, 2.05) is 13.8 Å². The number of nitrogens with zero attached hydrogens (tertiary/aromatic N) is 2. The smallest absolute Gasteiger partial charge is 0.326 e. The summed E-state index contributed by atoms with van der Waals surface area (Å²) in [6, 6.07) is 5.99. The SMILES string of the molecule is CC(C)C[C@H](NC(=O)Cc1nn(C)c(=O)c2ccccc12)C(=O)O. The highest BCUT2D eigenvalue weighted by molar-refractivity contribution is 5.90. The number of aryl methyl sites for hydroxylation is 1. The molecule has 0 radical (unpaired) electrons. The fourth-order valence-corrected chi connectivity index (χ4v) is 2.60. The fraction of sp³-hybridized carbons (Fsp3) is 0.412. The molecule has 2 aromatic rings. The highest BCUT2D eigenvalue weighted by Gasteiger charge is 2.22. The number of aliphatic carboxylic acids is 1. The fourth-order valence-electron chi connectivity index (χ4n) is 2.60. The first-order valence-corrected chi connectivity index (χ1v) is 7.76. The lowest BCUT2D eigenvalue weighted by Gasteiger charge is -2.16. The van der Waals surface area contributed by atoms with E-state index < -0.39 is 17.9 Å². The van der Waals surface area contributed by atoms with Gasteiger partial charge in [0.05, 0.1) is 17.5 Å². The summed E-state index contributed by atoms with van der Waals surface area (Å²) in [4.78, 5) is 35.6. The Morgan fingerprint density at radius 2 is 1.88 bits per heavy atom. The lowest BCUT2D eigenvalue weighted by molar-refractivity contribution is -0.142. The van der Waals surface area contributed by atoms with E-state index in [4.69, 9.17) is 0 Å². The molecule has 1 aromatic heterocycles. The Kier molecular flexibility index (Phi) is 5.33. The van der Waals surface area contributed by atoms with E-state index in [1.54, 1.807) is 24.3 Å². The van der Waals surface area contributed by atoms with E-state index in [2.05, 4.69) is 10.4 Å². The highest BCUT2D eigenvalue weighted by atomic mass is 16.4. The van der Waals surface area contributed by atoms with Crippen molar-refractivity contribution >= 4 is 22.6 Å². The molecule has 0 bridgehead atoms. The minimum absolute atomic E-state index is 0.0868. The number of hydrogen-bond donors (Lipinski definition) is 2. The normalized spacial score (nSPS) is 12.3. The Balaban J connectivity index is 2.26. The van der Waals surface area contributed by atoms with Gasteiger partial charge >= 0.3 is 5.97 Å². The molecule has 7 heteroatoms. The number of carbonyl (C=O) groups is 2. The van der Waals surface area contributed by atoms with Crippen molar-refractivity contribution in [2.75, 3.05) is 0 Å². The highest BCUT2D eigenvalue weighted by Crippen LogP contribution is 2.14. The summed E-state index contributed by atoms with van der Waals surface area (Å²) in [6.45, 7) is 3.79. The van der Waals surface area contributed by atoms with Crippen LogP contribution in [0.15, 0.2) is 29.1 Å². The molecule has 2 N–H and O–H groups in total. The van der Waals surface area contributed by atoms with E-state index >= 15 is 0 Å². The van der Waals surface area contributed by atoms with Gasteiger partial charge in [0.25, 0.3) is 5.56 Å². The number of carbonyl (C=O) groups excluding carboxylic acids is 1. The predicted molar refractivity (Wildman–Crippen MR) is 89.7 cm³/mol. The standard InChI is InChI=1S/C17H21N3O4/c1-10(2)8-14(17(23)24)18-15(21)9-13-11-6-4-5-7-12(11)16(22)20(3)19-13/h4-7,10,14H,8-9H2,1-3H3,(H,18,21)(H,23,24)/t14-/m0/s1. The topological polar surface area (TPSA) is 101 Å². The molecule has 0 saturated heterocycles. The van der Waals surface area contributed by atoms with Crippen LogP contribution >= 0.6 is 0 Å². The molecule has 128 valence electrons. The maximum Gasteiger partial charge on any atom is 0.326 e. The molecular formula is C17H21N3O4. The van der Waals surface area contributed by atoms with E-state index in [0.717, 1.165) is 0 Å². The van der Waals surface area contributed by atoms with Crippen LogP contribution in [0.3, 0.4) is 0 Å². The molecule has 0 aliphatic carbocycles. The van der Waals surface area contributed by atoms with Crippen molar-refractivity contribution in [3.63, 3.8) is 0 Å². The van der Waals surface area contributed by atoms with E-state index in [1.165, 1.54) is 11.7 Å². The minimum Gasteiger partial charge on any atom is -0.480 e. The van der Waals surface area contributed by atoms with Gasteiger partial charge < -0.3 is 10.4 Å². The molecule has 1 aromatic carbocycles. The molecular weight excluding hydrogens is 310 g/mol. The molecule has 1 heterocycles. The molecule has 24 heavy (non-hydrogen) atoms. The quantitative estimate of drug-likeness (QED) is 0.825. The first-order chi connectivity index (χ1) is 11.3. The zero-order chi connectivity index (χ0) is 17.9. The number of fused-ring (bicyclic) bond motifs is 1. The van der Waals surface area contributed by atoms with E-state index in [9.17, 15) is 19.5 Å². The maximum atomic E-state index is 12.2. The largest absolute Gasteiger partial charge is 0.480 e. The summed E-state index contributed by atoms with van der Waals surface area (Å²) in [5.41, 5.74) is 0.205. The second-order valence-corrected chi connectivity index (χ2v) is 6.19. The van der Waals surface area contributed by atoms with Gasteiger partial charge in [-0.1, -0.05) is 32.0 Å². The molecule has 1 atom stereocenters. The Morgan fingerprint density at radius 3 is 2.46 bits per heavy atom. The van der Waals surface area contributed by atoms with Gasteiger partial charge in [0, 0.05) is 12.4 Å².